The molecule has 0 aliphatic heterocycles. The zero-order valence-electron chi connectivity index (χ0n) is 23.4. The average molecular weight is 485 g/mol. The molecule has 0 nitrogen and oxygen atoms in total. The highest BCUT2D eigenvalue weighted by atomic mass is 14.6. The Morgan fingerprint density at radius 2 is 1.19 bits per heavy atom. The summed E-state index contributed by atoms with van der Waals surface area (Å²) in [5, 5.41) is 0. The summed E-state index contributed by atoms with van der Waals surface area (Å²) in [5.74, 6) is 8.25. The van der Waals surface area contributed by atoms with Crippen molar-refractivity contribution in [2.75, 3.05) is 0 Å². The summed E-state index contributed by atoms with van der Waals surface area (Å²) in [6.45, 7) is 18.0. The van der Waals surface area contributed by atoms with Crippen molar-refractivity contribution in [2.24, 2.45) is 10.8 Å². The molecule has 2 saturated carbocycles. The van der Waals surface area contributed by atoms with Crippen LogP contribution in [-0.4, -0.2) is 0 Å². The summed E-state index contributed by atoms with van der Waals surface area (Å²) in [6, 6.07) is 11.2. The molecule has 0 heteroatoms. The molecule has 4 aliphatic rings. The summed E-state index contributed by atoms with van der Waals surface area (Å²) in [6.07, 6.45) is 27.4. The van der Waals surface area contributed by atoms with E-state index in [-0.39, 0.29) is 16.2 Å². The molecule has 4 aliphatic carbocycles. The van der Waals surface area contributed by atoms with E-state index in [4.69, 9.17) is 0 Å². The lowest BCUT2D eigenvalue weighted by atomic mass is 9.54. The Labute approximate surface area is 227 Å². The third-order valence-electron chi connectivity index (χ3n) is 8.17. The lowest BCUT2D eigenvalue weighted by Gasteiger charge is -2.48. The predicted molar refractivity (Wildman–Crippen MR) is 158 cm³/mol. The number of hydrogen-bond donors (Lipinski definition) is 0. The van der Waals surface area contributed by atoms with E-state index < -0.39 is 0 Å². The molecule has 1 unspecified atom stereocenters. The molecule has 0 spiro atoms. The van der Waals surface area contributed by atoms with Crippen molar-refractivity contribution in [3.63, 3.8) is 0 Å². The highest BCUT2D eigenvalue weighted by molar-refractivity contribution is 5.82. The van der Waals surface area contributed by atoms with Crippen LogP contribution in [0.1, 0.15) is 59.9 Å². The van der Waals surface area contributed by atoms with Gasteiger partial charge in [-0.2, -0.15) is 0 Å². The molecule has 37 heavy (non-hydrogen) atoms. The van der Waals surface area contributed by atoms with Crippen molar-refractivity contribution in [3.8, 4) is 0 Å². The second-order valence-electron chi connectivity index (χ2n) is 12.7. The maximum Gasteiger partial charge on any atom is 0.0209 e. The predicted octanol–water partition coefficient (Wildman–Crippen LogP) is 9.27. The number of benzene rings is 1. The lowest BCUT2D eigenvalue weighted by Crippen LogP contribution is -2.43. The van der Waals surface area contributed by atoms with E-state index in [9.17, 15) is 0 Å². The molecular weight excluding hydrogens is 444 g/mol. The topological polar surface area (TPSA) is 0 Å². The molecule has 0 bridgehead atoms. The summed E-state index contributed by atoms with van der Waals surface area (Å²) < 4.78 is 0. The van der Waals surface area contributed by atoms with Crippen LogP contribution in [0.3, 0.4) is 0 Å². The normalized spacial score (nSPS) is 24.1. The van der Waals surface area contributed by atoms with Gasteiger partial charge in [0.2, 0.25) is 0 Å². The molecule has 1 atom stereocenters. The van der Waals surface area contributed by atoms with Gasteiger partial charge in [-0.1, -0.05) is 114 Å². The van der Waals surface area contributed by atoms with Gasteiger partial charge in [0.05, 0.1) is 0 Å². The van der Waals surface area contributed by atoms with Crippen molar-refractivity contribution >= 4 is 0 Å². The largest absolute Gasteiger partial charge is 0.103 e. The first-order valence-electron chi connectivity index (χ1n) is 13.6. The van der Waals surface area contributed by atoms with Crippen LogP contribution < -0.4 is 0 Å². The summed E-state index contributed by atoms with van der Waals surface area (Å²) in [4.78, 5) is 0. The number of allylic oxidation sites excluding steroid dienone is 9. The summed E-state index contributed by atoms with van der Waals surface area (Å²) >= 11 is 0. The lowest BCUT2D eigenvalue weighted by molar-refractivity contribution is 0.454. The quantitative estimate of drug-likeness (QED) is 0.353. The Hall–Kier alpha value is -2.08. The molecule has 0 amide bonds. The van der Waals surface area contributed by atoms with E-state index in [1.165, 1.54) is 52.2 Å². The summed E-state index contributed by atoms with van der Waals surface area (Å²) in [5.41, 5.74) is 3.96. The van der Waals surface area contributed by atoms with E-state index in [2.05, 4.69) is 147 Å². The van der Waals surface area contributed by atoms with Gasteiger partial charge in [-0.15, -0.1) is 6.58 Å². The first-order valence-corrected chi connectivity index (χ1v) is 13.6. The van der Waals surface area contributed by atoms with Gasteiger partial charge >= 0.3 is 0 Å². The van der Waals surface area contributed by atoms with Gasteiger partial charge in [0, 0.05) is 35.0 Å². The second kappa shape index (κ2) is 9.91. The van der Waals surface area contributed by atoms with Crippen LogP contribution in [0, 0.1) is 72.0 Å². The monoisotopic (exact) mass is 484 g/mol. The number of hydrogen-bond acceptors (Lipinski definition) is 0. The minimum Gasteiger partial charge on any atom is -0.103 e. The average Bonchev–Trinajstić information content (AvgIpc) is 3.51. The Morgan fingerprint density at radius 3 is 1.65 bits per heavy atom. The van der Waals surface area contributed by atoms with Crippen LogP contribution in [0.2, 0.25) is 0 Å². The van der Waals surface area contributed by atoms with Crippen molar-refractivity contribution in [1.29, 1.82) is 0 Å². The van der Waals surface area contributed by atoms with Gasteiger partial charge in [-0.3, -0.25) is 0 Å². The van der Waals surface area contributed by atoms with Gasteiger partial charge < -0.3 is 0 Å². The first-order chi connectivity index (χ1) is 17.6. The van der Waals surface area contributed by atoms with Gasteiger partial charge in [0.1, 0.15) is 0 Å². The zero-order chi connectivity index (χ0) is 26.4. The molecule has 2 fully saturated rings. The Balaban J connectivity index is 1.75. The van der Waals surface area contributed by atoms with Crippen LogP contribution in [0.25, 0.3) is 0 Å². The summed E-state index contributed by atoms with van der Waals surface area (Å²) in [7, 11) is 0. The molecule has 0 saturated heterocycles. The van der Waals surface area contributed by atoms with E-state index in [0.29, 0.717) is 0 Å². The Morgan fingerprint density at radius 1 is 0.676 bits per heavy atom. The zero-order valence-corrected chi connectivity index (χ0v) is 23.4. The smallest absolute Gasteiger partial charge is 0.0209 e. The Kier molecular flexibility index (Phi) is 7.10. The van der Waals surface area contributed by atoms with Crippen LogP contribution in [0.15, 0.2) is 90.6 Å². The maximum atomic E-state index is 4.14. The SMILES string of the molecule is C=CCCC([C]1[CH][CH][CH][CH]1)([C]1[C]2C=C(C(C)(C)C)C=C[C]2[C]2C=CC(C(C)(C)C)=C[C]21)c1ccccc1. The minimum atomic E-state index is -0.286. The second-order valence-corrected chi connectivity index (χ2v) is 12.7. The van der Waals surface area contributed by atoms with Crippen LogP contribution >= 0.6 is 0 Å². The van der Waals surface area contributed by atoms with E-state index in [0.717, 1.165) is 12.8 Å². The fraction of sp³-hybridized carbons (Fsp3) is 0.297. The van der Waals surface area contributed by atoms with Gasteiger partial charge in [-0.25, -0.2) is 0 Å². The van der Waals surface area contributed by atoms with Crippen molar-refractivity contribution in [3.05, 3.63) is 157 Å². The number of fused-ring (bicyclic) bond motifs is 3. The minimum absolute atomic E-state index is 0.0717. The standard InChI is InChI=1S/C37H40/c1-8-9-23-37(27-17-13-14-18-27,26-15-11-10-12-16-26)34-32-24-28(35(2,3)4)19-21-30(32)31-22-20-29(25-33(31)34)36(5,6)7/h8,10-22,24-25H,1,9,23H2,2-7H3. The van der Waals surface area contributed by atoms with Crippen molar-refractivity contribution in [1.82, 2.24) is 0 Å². The molecular formula is C37H40. The fourth-order valence-corrected chi connectivity index (χ4v) is 6.08. The van der Waals surface area contributed by atoms with Crippen LogP contribution in [-0.2, 0) is 5.41 Å². The number of rotatable bonds is 6. The molecule has 0 aromatic heterocycles. The maximum absolute atomic E-state index is 4.14. The highest BCUT2D eigenvalue weighted by Gasteiger charge is 2.61. The first kappa shape index (κ1) is 26.5. The van der Waals surface area contributed by atoms with Crippen LogP contribution in [0.4, 0.5) is 0 Å². The molecule has 1 aromatic carbocycles. The molecule has 188 valence electrons. The fourth-order valence-electron chi connectivity index (χ4n) is 6.08. The Bertz CT molecular complexity index is 1040. The van der Waals surface area contributed by atoms with E-state index >= 15 is 0 Å². The highest BCUT2D eigenvalue weighted by Crippen LogP contribution is 2.68. The van der Waals surface area contributed by atoms with Crippen molar-refractivity contribution < 1.29 is 0 Å². The van der Waals surface area contributed by atoms with Gasteiger partial charge in [0.15, 0.2) is 0 Å². The van der Waals surface area contributed by atoms with Crippen LogP contribution in [0.5, 0.6) is 0 Å². The third kappa shape index (κ3) is 4.68. The van der Waals surface area contributed by atoms with Gasteiger partial charge in [-0.05, 0) is 72.0 Å². The molecule has 10 radical (unpaired) electrons. The van der Waals surface area contributed by atoms with Crippen molar-refractivity contribution in [2.45, 2.75) is 59.8 Å². The molecule has 0 N–H and O–H groups in total. The van der Waals surface area contributed by atoms with E-state index in [1.807, 2.05) is 0 Å². The molecule has 0 heterocycles. The van der Waals surface area contributed by atoms with E-state index in [1.54, 1.807) is 0 Å². The van der Waals surface area contributed by atoms with Gasteiger partial charge in [0.25, 0.3) is 0 Å². The third-order valence-corrected chi connectivity index (χ3v) is 8.17. The molecule has 1 aromatic rings. The molecule has 5 rings (SSSR count).